The van der Waals surface area contributed by atoms with Gasteiger partial charge in [-0.15, -0.1) is 11.3 Å². The fraction of sp³-hybridized carbons (Fsp3) is 0.421. The van der Waals surface area contributed by atoms with E-state index in [0.717, 1.165) is 48.0 Å². The standard InChI is InChI=1S/C19H23N3O3S3/c1-2-21-7-5-14-3-4-15(13-16(14)21)20-19(23)18-17(6-10-27-18)28(24,25)22-8-11-26-12-9-22/h3-4,6,10,13H,2,5,7-9,11-12H2,1H3,(H,20,23). The first kappa shape index (κ1) is 19.8. The van der Waals surface area contributed by atoms with E-state index in [1.165, 1.54) is 15.9 Å². The summed E-state index contributed by atoms with van der Waals surface area (Å²) in [4.78, 5) is 15.5. The Labute approximate surface area is 174 Å². The lowest BCUT2D eigenvalue weighted by Gasteiger charge is -2.25. The van der Waals surface area contributed by atoms with Crippen LogP contribution in [-0.2, 0) is 16.4 Å². The topological polar surface area (TPSA) is 69.7 Å². The van der Waals surface area contributed by atoms with E-state index in [0.29, 0.717) is 18.8 Å². The van der Waals surface area contributed by atoms with Gasteiger partial charge in [-0.1, -0.05) is 6.07 Å². The van der Waals surface area contributed by atoms with Gasteiger partial charge in [0.25, 0.3) is 5.91 Å². The minimum absolute atomic E-state index is 0.109. The summed E-state index contributed by atoms with van der Waals surface area (Å²) in [6.45, 7) is 5.00. The number of anilines is 2. The lowest BCUT2D eigenvalue weighted by Crippen LogP contribution is -2.38. The highest BCUT2D eigenvalue weighted by atomic mass is 32.2. The summed E-state index contributed by atoms with van der Waals surface area (Å²) in [5.41, 5.74) is 3.11. The molecule has 3 heterocycles. The molecular weight excluding hydrogens is 414 g/mol. The van der Waals surface area contributed by atoms with Crippen LogP contribution in [0, 0.1) is 0 Å². The number of likely N-dealkylation sites (N-methyl/N-ethyl adjacent to an activating group) is 1. The minimum Gasteiger partial charge on any atom is -0.371 e. The zero-order valence-corrected chi connectivity index (χ0v) is 18.1. The van der Waals surface area contributed by atoms with Crippen LogP contribution in [0.3, 0.4) is 0 Å². The zero-order chi connectivity index (χ0) is 19.7. The van der Waals surface area contributed by atoms with Gasteiger partial charge in [-0.25, -0.2) is 8.42 Å². The Hall–Kier alpha value is -1.55. The third kappa shape index (κ3) is 3.68. The van der Waals surface area contributed by atoms with Crippen molar-refractivity contribution >= 4 is 50.4 Å². The maximum Gasteiger partial charge on any atom is 0.267 e. The number of thioether (sulfide) groups is 1. The molecular formula is C19H23N3O3S3. The first-order valence-corrected chi connectivity index (χ1v) is 12.8. The number of amides is 1. The van der Waals surface area contributed by atoms with Gasteiger partial charge in [0.15, 0.2) is 0 Å². The van der Waals surface area contributed by atoms with Gasteiger partial charge in [-0.3, -0.25) is 4.79 Å². The predicted molar refractivity (Wildman–Crippen MR) is 116 cm³/mol. The van der Waals surface area contributed by atoms with Crippen LogP contribution in [0.1, 0.15) is 22.2 Å². The van der Waals surface area contributed by atoms with Gasteiger partial charge in [0.05, 0.1) is 0 Å². The van der Waals surface area contributed by atoms with Crippen molar-refractivity contribution in [3.05, 3.63) is 40.1 Å². The Morgan fingerprint density at radius 2 is 1.96 bits per heavy atom. The van der Waals surface area contributed by atoms with E-state index in [1.54, 1.807) is 17.1 Å². The fourth-order valence-corrected chi connectivity index (χ4v) is 7.50. The Bertz CT molecular complexity index is 981. The third-order valence-electron chi connectivity index (χ3n) is 5.14. The number of thiophene rings is 1. The number of benzene rings is 1. The van der Waals surface area contributed by atoms with Gasteiger partial charge >= 0.3 is 0 Å². The van der Waals surface area contributed by atoms with Crippen molar-refractivity contribution < 1.29 is 13.2 Å². The summed E-state index contributed by atoms with van der Waals surface area (Å²) >= 11 is 2.91. The van der Waals surface area contributed by atoms with Crippen LogP contribution in [0.25, 0.3) is 0 Å². The van der Waals surface area contributed by atoms with Crippen molar-refractivity contribution in [3.63, 3.8) is 0 Å². The van der Waals surface area contributed by atoms with Gasteiger partial charge in [-0.2, -0.15) is 16.1 Å². The Balaban J connectivity index is 1.57. The highest BCUT2D eigenvalue weighted by Crippen LogP contribution is 2.32. The van der Waals surface area contributed by atoms with Gasteiger partial charge in [0, 0.05) is 49.1 Å². The van der Waals surface area contributed by atoms with E-state index >= 15 is 0 Å². The number of rotatable bonds is 5. The Morgan fingerprint density at radius 1 is 1.18 bits per heavy atom. The van der Waals surface area contributed by atoms with Gasteiger partial charge in [0.1, 0.15) is 9.77 Å². The summed E-state index contributed by atoms with van der Waals surface area (Å²) in [6.07, 6.45) is 1.01. The van der Waals surface area contributed by atoms with Crippen LogP contribution in [0.15, 0.2) is 34.5 Å². The van der Waals surface area contributed by atoms with Crippen molar-refractivity contribution in [2.45, 2.75) is 18.2 Å². The molecule has 1 amide bonds. The largest absolute Gasteiger partial charge is 0.371 e. The molecule has 6 nitrogen and oxygen atoms in total. The molecule has 150 valence electrons. The number of nitrogens with zero attached hydrogens (tertiary/aromatic N) is 2. The Morgan fingerprint density at radius 3 is 2.71 bits per heavy atom. The molecule has 0 atom stereocenters. The molecule has 1 aromatic heterocycles. The molecule has 1 N–H and O–H groups in total. The summed E-state index contributed by atoms with van der Waals surface area (Å²) < 4.78 is 27.5. The molecule has 9 heteroatoms. The van der Waals surface area contributed by atoms with Gasteiger partial charge in [-0.05, 0) is 42.5 Å². The first-order chi connectivity index (χ1) is 13.5. The second-order valence-electron chi connectivity index (χ2n) is 6.76. The highest BCUT2D eigenvalue weighted by Gasteiger charge is 2.31. The fourth-order valence-electron chi connectivity index (χ4n) is 3.63. The van der Waals surface area contributed by atoms with Crippen LogP contribution in [-0.4, -0.2) is 56.3 Å². The molecule has 0 radical (unpaired) electrons. The summed E-state index contributed by atoms with van der Waals surface area (Å²) in [6, 6.07) is 7.45. The van der Waals surface area contributed by atoms with Crippen LogP contribution in [0.4, 0.5) is 11.4 Å². The molecule has 0 bridgehead atoms. The summed E-state index contributed by atoms with van der Waals surface area (Å²) in [5, 5.41) is 4.56. The van der Waals surface area contributed by atoms with Crippen molar-refractivity contribution in [1.82, 2.24) is 4.31 Å². The second kappa shape index (κ2) is 8.06. The van der Waals surface area contributed by atoms with Crippen molar-refractivity contribution in [2.75, 3.05) is 47.9 Å². The lowest BCUT2D eigenvalue weighted by molar-refractivity contribution is 0.102. The van der Waals surface area contributed by atoms with Crippen LogP contribution in [0.2, 0.25) is 0 Å². The molecule has 2 aliphatic rings. The van der Waals surface area contributed by atoms with Crippen molar-refractivity contribution in [3.8, 4) is 0 Å². The third-order valence-corrected chi connectivity index (χ3v) is 9.07. The monoisotopic (exact) mass is 437 g/mol. The molecule has 1 saturated heterocycles. The number of nitrogens with one attached hydrogen (secondary N) is 1. The molecule has 0 aliphatic carbocycles. The van der Waals surface area contributed by atoms with Gasteiger partial charge in [0.2, 0.25) is 10.0 Å². The molecule has 1 aromatic carbocycles. The number of fused-ring (bicyclic) bond motifs is 1. The Kier molecular flexibility index (Phi) is 5.69. The van der Waals surface area contributed by atoms with Crippen molar-refractivity contribution in [1.29, 1.82) is 0 Å². The van der Waals surface area contributed by atoms with E-state index < -0.39 is 10.0 Å². The molecule has 0 spiro atoms. The lowest BCUT2D eigenvalue weighted by atomic mass is 10.1. The summed E-state index contributed by atoms with van der Waals surface area (Å²) in [7, 11) is -3.65. The maximum atomic E-state index is 13.0. The average Bonchev–Trinajstić information content (AvgIpc) is 3.36. The number of sulfonamides is 1. The first-order valence-electron chi connectivity index (χ1n) is 9.35. The molecule has 0 unspecified atom stereocenters. The maximum absolute atomic E-state index is 13.0. The number of carbonyl (C=O) groups excluding carboxylic acids is 1. The van der Waals surface area contributed by atoms with E-state index in [4.69, 9.17) is 0 Å². The predicted octanol–water partition coefficient (Wildman–Crippen LogP) is 3.12. The minimum atomic E-state index is -3.65. The average molecular weight is 438 g/mol. The van der Waals surface area contributed by atoms with Gasteiger partial charge < -0.3 is 10.2 Å². The van der Waals surface area contributed by atoms with Crippen LogP contribution in [0.5, 0.6) is 0 Å². The molecule has 2 aromatic rings. The van der Waals surface area contributed by atoms with E-state index in [9.17, 15) is 13.2 Å². The van der Waals surface area contributed by atoms with Crippen LogP contribution < -0.4 is 10.2 Å². The number of hydrogen-bond donors (Lipinski definition) is 1. The van der Waals surface area contributed by atoms with Crippen LogP contribution >= 0.6 is 23.1 Å². The SMILES string of the molecule is CCN1CCc2ccc(NC(=O)c3sccc3S(=O)(=O)N3CCSCC3)cc21. The molecule has 1 fully saturated rings. The number of carbonyl (C=O) groups is 1. The quantitative estimate of drug-likeness (QED) is 0.778. The second-order valence-corrected chi connectivity index (χ2v) is 10.8. The molecule has 2 aliphatic heterocycles. The number of hydrogen-bond acceptors (Lipinski definition) is 6. The smallest absolute Gasteiger partial charge is 0.267 e. The zero-order valence-electron chi connectivity index (χ0n) is 15.7. The highest BCUT2D eigenvalue weighted by molar-refractivity contribution is 7.99. The molecule has 28 heavy (non-hydrogen) atoms. The van der Waals surface area contributed by atoms with Crippen molar-refractivity contribution in [2.24, 2.45) is 0 Å². The van der Waals surface area contributed by atoms with E-state index in [2.05, 4.69) is 17.1 Å². The normalized spacial score (nSPS) is 17.5. The summed E-state index contributed by atoms with van der Waals surface area (Å²) in [5.74, 6) is 1.20. The molecule has 4 rings (SSSR count). The van der Waals surface area contributed by atoms with E-state index in [1.807, 2.05) is 18.2 Å². The van der Waals surface area contributed by atoms with E-state index in [-0.39, 0.29) is 15.7 Å². The molecule has 0 saturated carbocycles.